The zero-order chi connectivity index (χ0) is 27.4. The van der Waals surface area contributed by atoms with E-state index in [-0.39, 0.29) is 11.9 Å². The normalized spacial score (nSPS) is 16.8. The number of nitrogens with zero attached hydrogens (tertiary/aromatic N) is 7. The van der Waals surface area contributed by atoms with E-state index < -0.39 is 0 Å². The van der Waals surface area contributed by atoms with Crippen LogP contribution in [0.25, 0.3) is 11.3 Å². The van der Waals surface area contributed by atoms with E-state index in [1.165, 1.54) is 0 Å². The lowest BCUT2D eigenvalue weighted by molar-refractivity contribution is -0.133. The Kier molecular flexibility index (Phi) is 9.10. The van der Waals surface area contributed by atoms with Crippen LogP contribution in [0.4, 0.5) is 11.5 Å². The molecule has 4 rings (SSSR count). The van der Waals surface area contributed by atoms with Crippen molar-refractivity contribution in [2.45, 2.75) is 59.3 Å². The highest BCUT2D eigenvalue weighted by Gasteiger charge is 2.28. The standard InChI is InChI=1S/C29H46N8O/c1-21(2)36(22(3)4)19-16-34-14-17-35(18-15-34)29(38)23(5)31-28-27(32-26-20-30-12-13-37(26)28)24-8-10-25(11-9-24)33(6)7/h8-11,20-23,31H,12-19H2,1-7H3. The largest absolute Gasteiger partial charge is 0.378 e. The van der Waals surface area contributed by atoms with E-state index in [1.807, 2.05) is 32.1 Å². The first-order valence-electron chi connectivity index (χ1n) is 14.1. The summed E-state index contributed by atoms with van der Waals surface area (Å²) in [6.45, 7) is 18.0. The van der Waals surface area contributed by atoms with Crippen LogP contribution in [0.15, 0.2) is 29.3 Å². The topological polar surface area (TPSA) is 72.2 Å². The summed E-state index contributed by atoms with van der Waals surface area (Å²) in [5, 5.41) is 3.54. The maximum absolute atomic E-state index is 13.5. The summed E-state index contributed by atoms with van der Waals surface area (Å²) in [4.78, 5) is 31.9. The number of amides is 1. The molecule has 1 aromatic heterocycles. The molecule has 9 heteroatoms. The van der Waals surface area contributed by atoms with Gasteiger partial charge in [0.2, 0.25) is 5.91 Å². The molecular formula is C29H46N8O. The van der Waals surface area contributed by atoms with Gasteiger partial charge in [-0.25, -0.2) is 4.98 Å². The molecule has 1 amide bonds. The number of aliphatic imine (C=N–C) groups is 1. The number of nitrogens with one attached hydrogen (secondary N) is 1. The van der Waals surface area contributed by atoms with Crippen LogP contribution >= 0.6 is 0 Å². The molecule has 1 N–H and O–H groups in total. The Bertz CT molecular complexity index is 1090. The zero-order valence-corrected chi connectivity index (χ0v) is 24.3. The van der Waals surface area contributed by atoms with Gasteiger partial charge in [-0.3, -0.25) is 19.6 Å². The van der Waals surface area contributed by atoms with Crippen molar-refractivity contribution in [1.82, 2.24) is 24.3 Å². The van der Waals surface area contributed by atoms with E-state index in [4.69, 9.17) is 4.98 Å². The molecule has 0 radical (unpaired) electrons. The number of hydrogen-bond donors (Lipinski definition) is 1. The van der Waals surface area contributed by atoms with Gasteiger partial charge >= 0.3 is 0 Å². The molecule has 2 aliphatic heterocycles. The third-order valence-electron chi connectivity index (χ3n) is 7.72. The molecule has 1 saturated heterocycles. The van der Waals surface area contributed by atoms with Gasteiger partial charge in [-0.15, -0.1) is 0 Å². The molecular weight excluding hydrogens is 476 g/mol. The molecule has 0 spiro atoms. The number of fused-ring (bicyclic) bond motifs is 1. The average Bonchev–Trinajstić information content (AvgIpc) is 3.26. The van der Waals surface area contributed by atoms with Gasteiger partial charge in [0.15, 0.2) is 5.82 Å². The lowest BCUT2D eigenvalue weighted by Gasteiger charge is -2.38. The quantitative estimate of drug-likeness (QED) is 0.517. The van der Waals surface area contributed by atoms with E-state index in [0.717, 1.165) is 74.4 Å². The SMILES string of the molecule is CC(Nc1c(-c2ccc(N(C)C)cc2)nc2n1CCN=C2)C(=O)N1CCN(CCN(C(C)C)C(C)C)CC1. The summed E-state index contributed by atoms with van der Waals surface area (Å²) >= 11 is 0. The van der Waals surface area contributed by atoms with Crippen molar-refractivity contribution in [2.75, 3.05) is 70.1 Å². The van der Waals surface area contributed by atoms with Crippen LogP contribution in [0.1, 0.15) is 40.4 Å². The minimum absolute atomic E-state index is 0.143. The minimum Gasteiger partial charge on any atom is -0.378 e. The van der Waals surface area contributed by atoms with Crippen molar-refractivity contribution < 1.29 is 4.79 Å². The number of carbonyl (C=O) groups excluding carboxylic acids is 1. The molecule has 0 aliphatic carbocycles. The van der Waals surface area contributed by atoms with Crippen LogP contribution in [-0.2, 0) is 11.3 Å². The summed E-state index contributed by atoms with van der Waals surface area (Å²) < 4.78 is 2.15. The lowest BCUT2D eigenvalue weighted by Crippen LogP contribution is -2.53. The smallest absolute Gasteiger partial charge is 0.244 e. The third kappa shape index (κ3) is 6.38. The third-order valence-corrected chi connectivity index (χ3v) is 7.72. The lowest BCUT2D eigenvalue weighted by atomic mass is 10.1. The van der Waals surface area contributed by atoms with Crippen LogP contribution in [0.3, 0.4) is 0 Å². The summed E-state index contributed by atoms with van der Waals surface area (Å²) in [5.74, 6) is 1.87. The molecule has 1 aromatic carbocycles. The van der Waals surface area contributed by atoms with E-state index >= 15 is 0 Å². The van der Waals surface area contributed by atoms with Gasteiger partial charge in [0.05, 0.1) is 12.8 Å². The number of imidazole rings is 1. The molecule has 0 saturated carbocycles. The van der Waals surface area contributed by atoms with Gasteiger partial charge in [0.25, 0.3) is 0 Å². The number of aromatic nitrogens is 2. The number of piperazine rings is 1. The highest BCUT2D eigenvalue weighted by atomic mass is 16.2. The van der Waals surface area contributed by atoms with Gasteiger partial charge in [-0.05, 0) is 46.8 Å². The number of benzene rings is 1. The molecule has 3 heterocycles. The van der Waals surface area contributed by atoms with Crippen LogP contribution < -0.4 is 10.2 Å². The van der Waals surface area contributed by atoms with Crippen LogP contribution in [-0.4, -0.2) is 114 Å². The van der Waals surface area contributed by atoms with Crippen molar-refractivity contribution in [3.8, 4) is 11.3 Å². The Morgan fingerprint density at radius 2 is 1.63 bits per heavy atom. The second kappa shape index (κ2) is 12.3. The van der Waals surface area contributed by atoms with Crippen molar-refractivity contribution >= 4 is 23.6 Å². The number of hydrogen-bond acceptors (Lipinski definition) is 7. The van der Waals surface area contributed by atoms with Crippen LogP contribution in [0.2, 0.25) is 0 Å². The van der Waals surface area contributed by atoms with Crippen LogP contribution in [0, 0.1) is 0 Å². The first kappa shape index (κ1) is 28.1. The summed E-state index contributed by atoms with van der Waals surface area (Å²) in [5.41, 5.74) is 3.03. The predicted molar refractivity (Wildman–Crippen MR) is 158 cm³/mol. The number of rotatable bonds is 10. The van der Waals surface area contributed by atoms with Gasteiger partial charge in [-0.1, -0.05) is 12.1 Å². The van der Waals surface area contributed by atoms with Crippen molar-refractivity contribution in [3.63, 3.8) is 0 Å². The maximum Gasteiger partial charge on any atom is 0.244 e. The molecule has 2 aliphatic rings. The summed E-state index contributed by atoms with van der Waals surface area (Å²) in [6.07, 6.45) is 1.83. The van der Waals surface area contributed by atoms with E-state index in [2.05, 4.69) is 81.5 Å². The fourth-order valence-electron chi connectivity index (χ4n) is 5.47. The van der Waals surface area contributed by atoms with Gasteiger partial charge < -0.3 is 19.7 Å². The molecule has 2 aromatic rings. The second-order valence-corrected chi connectivity index (χ2v) is 11.3. The monoisotopic (exact) mass is 522 g/mol. The molecule has 208 valence electrons. The molecule has 1 atom stereocenters. The Balaban J connectivity index is 1.41. The fraction of sp³-hybridized carbons (Fsp3) is 0.621. The zero-order valence-electron chi connectivity index (χ0n) is 24.3. The Hall–Kier alpha value is -2.91. The predicted octanol–water partition coefficient (Wildman–Crippen LogP) is 3.11. The van der Waals surface area contributed by atoms with E-state index in [1.54, 1.807) is 0 Å². The fourth-order valence-corrected chi connectivity index (χ4v) is 5.47. The van der Waals surface area contributed by atoms with Crippen LogP contribution in [0.5, 0.6) is 0 Å². The van der Waals surface area contributed by atoms with E-state index in [0.29, 0.717) is 18.6 Å². The van der Waals surface area contributed by atoms with E-state index in [9.17, 15) is 4.79 Å². The van der Waals surface area contributed by atoms with Crippen molar-refractivity contribution in [2.24, 2.45) is 4.99 Å². The van der Waals surface area contributed by atoms with Gasteiger partial charge in [0.1, 0.15) is 17.6 Å². The molecule has 0 bridgehead atoms. The van der Waals surface area contributed by atoms with Crippen molar-refractivity contribution in [1.29, 1.82) is 0 Å². The summed E-state index contributed by atoms with van der Waals surface area (Å²) in [7, 11) is 4.07. The van der Waals surface area contributed by atoms with Crippen molar-refractivity contribution in [3.05, 3.63) is 30.1 Å². The first-order chi connectivity index (χ1) is 18.2. The number of carbonyl (C=O) groups is 1. The Labute approximate surface area is 228 Å². The molecule has 1 fully saturated rings. The van der Waals surface area contributed by atoms with Gasteiger partial charge in [0, 0.05) is 83.2 Å². The number of anilines is 2. The highest BCUT2D eigenvalue weighted by molar-refractivity contribution is 5.88. The van der Waals surface area contributed by atoms with Gasteiger partial charge in [-0.2, -0.15) is 0 Å². The molecule has 1 unspecified atom stereocenters. The first-order valence-corrected chi connectivity index (χ1v) is 14.1. The molecule has 9 nitrogen and oxygen atoms in total. The average molecular weight is 523 g/mol. The minimum atomic E-state index is -0.349. The Morgan fingerprint density at radius 1 is 0.974 bits per heavy atom. The maximum atomic E-state index is 13.5. The second-order valence-electron chi connectivity index (χ2n) is 11.3. The summed E-state index contributed by atoms with van der Waals surface area (Å²) in [6, 6.07) is 9.12. The Morgan fingerprint density at radius 3 is 2.24 bits per heavy atom. The highest BCUT2D eigenvalue weighted by Crippen LogP contribution is 2.31. The molecule has 38 heavy (non-hydrogen) atoms.